The summed E-state index contributed by atoms with van der Waals surface area (Å²) in [4.78, 5) is 33.5. The first kappa shape index (κ1) is 15.7. The average Bonchev–Trinajstić information content (AvgIpc) is 3.00. The molecule has 0 aromatic carbocycles. The summed E-state index contributed by atoms with van der Waals surface area (Å²) >= 11 is 0. The van der Waals surface area contributed by atoms with E-state index in [0.717, 1.165) is 32.1 Å². The highest BCUT2D eigenvalue weighted by molar-refractivity contribution is 5.93. The van der Waals surface area contributed by atoms with E-state index in [1.54, 1.807) is 13.8 Å². The zero-order chi connectivity index (χ0) is 17.1. The molecule has 0 N–H and O–H groups in total. The number of likely N-dealkylation sites (tertiary alicyclic amines) is 2. The van der Waals surface area contributed by atoms with E-state index in [9.17, 15) is 9.59 Å². The number of oxazole rings is 1. The molecule has 1 aromatic heterocycles. The molecule has 2 bridgehead atoms. The van der Waals surface area contributed by atoms with Crippen molar-refractivity contribution in [2.45, 2.75) is 71.0 Å². The van der Waals surface area contributed by atoms with Gasteiger partial charge in [-0.05, 0) is 26.2 Å². The zero-order valence-corrected chi connectivity index (χ0v) is 14.6. The fourth-order valence-corrected chi connectivity index (χ4v) is 5.50. The maximum absolute atomic E-state index is 13.1. The topological polar surface area (TPSA) is 66.7 Å². The van der Waals surface area contributed by atoms with Gasteiger partial charge in [0.15, 0.2) is 6.39 Å². The maximum atomic E-state index is 13.1. The third kappa shape index (κ3) is 2.04. The molecule has 130 valence electrons. The van der Waals surface area contributed by atoms with Crippen molar-refractivity contribution >= 4 is 11.8 Å². The van der Waals surface area contributed by atoms with Crippen LogP contribution < -0.4 is 0 Å². The first-order chi connectivity index (χ1) is 11.4. The van der Waals surface area contributed by atoms with Crippen molar-refractivity contribution in [3.8, 4) is 0 Å². The van der Waals surface area contributed by atoms with Crippen molar-refractivity contribution < 1.29 is 14.0 Å². The Kier molecular flexibility index (Phi) is 3.48. The number of carbonyl (C=O) groups excluding carboxylic acids is 2. The molecule has 1 saturated carbocycles. The standard InChI is InChI=1S/C18H25N3O3/c1-11-16(24-10-19-11)17(23)20-9-13-8-18(3)14(20)6-4-5-7-15(18)21(13)12(2)22/h10,13-15H,4-9H2,1-3H3/t13-,14+,15-,18+/m0/s1. The Hall–Kier alpha value is -1.85. The van der Waals surface area contributed by atoms with E-state index in [1.165, 1.54) is 6.39 Å². The number of amides is 2. The number of fused-ring (bicyclic) bond motifs is 1. The summed E-state index contributed by atoms with van der Waals surface area (Å²) in [6.07, 6.45) is 6.61. The Morgan fingerprint density at radius 3 is 2.62 bits per heavy atom. The monoisotopic (exact) mass is 331 g/mol. The van der Waals surface area contributed by atoms with Crippen LogP contribution in [0.25, 0.3) is 0 Å². The van der Waals surface area contributed by atoms with Crippen LogP contribution >= 0.6 is 0 Å². The van der Waals surface area contributed by atoms with Crippen LogP contribution in [0.2, 0.25) is 0 Å². The van der Waals surface area contributed by atoms with E-state index in [0.29, 0.717) is 18.0 Å². The second kappa shape index (κ2) is 5.33. The number of carbonyl (C=O) groups is 2. The second-order valence-corrected chi connectivity index (χ2v) is 7.83. The fraction of sp³-hybridized carbons (Fsp3) is 0.722. The van der Waals surface area contributed by atoms with Gasteiger partial charge in [-0.15, -0.1) is 0 Å². The van der Waals surface area contributed by atoms with Gasteiger partial charge in [0, 0.05) is 31.0 Å². The van der Waals surface area contributed by atoms with Crippen molar-refractivity contribution in [3.05, 3.63) is 17.8 Å². The Morgan fingerprint density at radius 2 is 2.00 bits per heavy atom. The fourth-order valence-electron chi connectivity index (χ4n) is 5.50. The van der Waals surface area contributed by atoms with Crippen molar-refractivity contribution in [3.63, 3.8) is 0 Å². The predicted octanol–water partition coefficient (Wildman–Crippen LogP) is 2.38. The molecule has 6 heteroatoms. The summed E-state index contributed by atoms with van der Waals surface area (Å²) in [5.74, 6) is 0.409. The number of hydrogen-bond donors (Lipinski definition) is 0. The van der Waals surface area contributed by atoms with Crippen LogP contribution in [-0.2, 0) is 4.79 Å². The van der Waals surface area contributed by atoms with Crippen LogP contribution in [0.3, 0.4) is 0 Å². The van der Waals surface area contributed by atoms with E-state index < -0.39 is 0 Å². The van der Waals surface area contributed by atoms with E-state index in [4.69, 9.17) is 4.42 Å². The maximum Gasteiger partial charge on any atom is 0.291 e. The van der Waals surface area contributed by atoms with Gasteiger partial charge >= 0.3 is 0 Å². The highest BCUT2D eigenvalue weighted by atomic mass is 16.3. The van der Waals surface area contributed by atoms with Crippen LogP contribution in [0.15, 0.2) is 10.8 Å². The Labute approximate surface area is 142 Å². The molecule has 3 fully saturated rings. The molecule has 1 aromatic rings. The van der Waals surface area contributed by atoms with Gasteiger partial charge < -0.3 is 14.2 Å². The normalized spacial score (nSPS) is 35.0. The molecule has 2 aliphatic heterocycles. The molecule has 0 radical (unpaired) electrons. The van der Waals surface area contributed by atoms with Crippen molar-refractivity contribution in [2.75, 3.05) is 6.54 Å². The van der Waals surface area contributed by atoms with Gasteiger partial charge in [-0.25, -0.2) is 4.98 Å². The van der Waals surface area contributed by atoms with Gasteiger partial charge in [0.1, 0.15) is 0 Å². The van der Waals surface area contributed by atoms with Gasteiger partial charge in [-0.1, -0.05) is 19.8 Å². The summed E-state index contributed by atoms with van der Waals surface area (Å²) in [5, 5.41) is 0. The van der Waals surface area contributed by atoms with Gasteiger partial charge in [0.05, 0.1) is 11.7 Å². The predicted molar refractivity (Wildman–Crippen MR) is 87.4 cm³/mol. The first-order valence-electron chi connectivity index (χ1n) is 8.93. The molecular weight excluding hydrogens is 306 g/mol. The lowest BCUT2D eigenvalue weighted by atomic mass is 9.71. The van der Waals surface area contributed by atoms with Gasteiger partial charge in [0.2, 0.25) is 11.7 Å². The number of aromatic nitrogens is 1. The van der Waals surface area contributed by atoms with Gasteiger partial charge in [-0.3, -0.25) is 9.59 Å². The molecule has 2 saturated heterocycles. The van der Waals surface area contributed by atoms with Crippen molar-refractivity contribution in [1.82, 2.24) is 14.8 Å². The summed E-state index contributed by atoms with van der Waals surface area (Å²) in [7, 11) is 0. The van der Waals surface area contributed by atoms with E-state index >= 15 is 0 Å². The third-order valence-electron chi connectivity index (χ3n) is 6.48. The minimum absolute atomic E-state index is 0.0192. The van der Waals surface area contributed by atoms with Crippen molar-refractivity contribution in [2.24, 2.45) is 5.41 Å². The van der Waals surface area contributed by atoms with Crippen molar-refractivity contribution in [1.29, 1.82) is 0 Å². The molecule has 2 amide bonds. The molecule has 1 aliphatic carbocycles. The SMILES string of the molecule is CC(=O)N1[C@@H]2CN(C(=O)c3ocnc3C)[C@@H]3CCCC[C@H]1[C@]3(C)C2. The molecule has 24 heavy (non-hydrogen) atoms. The lowest BCUT2D eigenvalue weighted by molar-refractivity contribution is -0.132. The Bertz CT molecular complexity index is 685. The minimum Gasteiger partial charge on any atom is -0.438 e. The lowest BCUT2D eigenvalue weighted by Gasteiger charge is -2.46. The highest BCUT2D eigenvalue weighted by Gasteiger charge is 2.60. The summed E-state index contributed by atoms with van der Waals surface area (Å²) in [5.41, 5.74) is 0.617. The Morgan fingerprint density at radius 1 is 1.29 bits per heavy atom. The Balaban J connectivity index is 1.75. The van der Waals surface area contributed by atoms with E-state index in [-0.39, 0.29) is 35.4 Å². The number of rotatable bonds is 1. The third-order valence-corrected chi connectivity index (χ3v) is 6.48. The van der Waals surface area contributed by atoms with Crippen LogP contribution in [0.5, 0.6) is 0 Å². The molecule has 0 spiro atoms. The molecule has 4 atom stereocenters. The molecule has 6 nitrogen and oxygen atoms in total. The largest absolute Gasteiger partial charge is 0.438 e. The summed E-state index contributed by atoms with van der Waals surface area (Å²) < 4.78 is 5.36. The molecule has 4 rings (SSSR count). The minimum atomic E-state index is -0.0722. The smallest absolute Gasteiger partial charge is 0.291 e. The molecule has 0 unspecified atom stereocenters. The van der Waals surface area contributed by atoms with Crippen LogP contribution in [0.4, 0.5) is 0 Å². The van der Waals surface area contributed by atoms with Crippen LogP contribution in [-0.4, -0.2) is 51.3 Å². The molecule has 3 heterocycles. The summed E-state index contributed by atoms with van der Waals surface area (Å²) in [6.45, 7) is 6.34. The molecular formula is C18H25N3O3. The number of piperidine rings is 1. The first-order valence-corrected chi connectivity index (χ1v) is 8.93. The van der Waals surface area contributed by atoms with Crippen LogP contribution in [0.1, 0.15) is 62.2 Å². The number of aryl methyl sites for hydroxylation is 1. The highest BCUT2D eigenvalue weighted by Crippen LogP contribution is 2.53. The zero-order valence-electron chi connectivity index (χ0n) is 14.6. The van der Waals surface area contributed by atoms with E-state index in [1.807, 2.05) is 4.90 Å². The number of hydrogen-bond acceptors (Lipinski definition) is 4. The number of nitrogens with zero attached hydrogens (tertiary/aromatic N) is 3. The average molecular weight is 331 g/mol. The van der Waals surface area contributed by atoms with Gasteiger partial charge in [-0.2, -0.15) is 0 Å². The van der Waals surface area contributed by atoms with Crippen LogP contribution in [0, 0.1) is 12.3 Å². The van der Waals surface area contributed by atoms with E-state index in [2.05, 4.69) is 16.8 Å². The molecule has 3 aliphatic rings. The second-order valence-electron chi connectivity index (χ2n) is 7.83. The summed E-state index contributed by atoms with van der Waals surface area (Å²) in [6, 6.07) is 0.544. The quantitative estimate of drug-likeness (QED) is 0.792. The lowest BCUT2D eigenvalue weighted by Crippen LogP contribution is -2.55. The van der Waals surface area contributed by atoms with Gasteiger partial charge in [0.25, 0.3) is 5.91 Å².